The predicted octanol–water partition coefficient (Wildman–Crippen LogP) is 5.38. The van der Waals surface area contributed by atoms with E-state index in [9.17, 15) is 10.1 Å². The molecule has 2 rings (SSSR count). The number of benzene rings is 1. The van der Waals surface area contributed by atoms with Gasteiger partial charge >= 0.3 is 0 Å². The summed E-state index contributed by atoms with van der Waals surface area (Å²) in [5, 5.41) is 10.8. The Morgan fingerprint density at radius 2 is 1.81 bits per heavy atom. The first-order valence-electron chi connectivity index (χ1n) is 6.84. The molecule has 7 heteroatoms. The fourth-order valence-corrected chi connectivity index (χ4v) is 4.46. The largest absolute Gasteiger partial charge is 0.491 e. The summed E-state index contributed by atoms with van der Waals surface area (Å²) in [5.41, 5.74) is 0.143. The number of thiol groups is 1. The number of non-ortho nitro benzene ring substituents is 1. The molecule has 1 aromatic carbocycles. The highest BCUT2D eigenvalue weighted by Gasteiger charge is 2.32. The van der Waals surface area contributed by atoms with Crippen LogP contribution in [0.3, 0.4) is 0 Å². The van der Waals surface area contributed by atoms with Crippen molar-refractivity contribution in [3.63, 3.8) is 0 Å². The Morgan fingerprint density at radius 1 is 1.24 bits per heavy atom. The highest BCUT2D eigenvalue weighted by atomic mass is 79.9. The van der Waals surface area contributed by atoms with Gasteiger partial charge in [0.1, 0.15) is 5.75 Å². The van der Waals surface area contributed by atoms with Gasteiger partial charge in [-0.3, -0.25) is 10.1 Å². The summed E-state index contributed by atoms with van der Waals surface area (Å²) in [6.07, 6.45) is 5.96. The van der Waals surface area contributed by atoms with E-state index in [1.54, 1.807) is 0 Å². The number of hydrogen-bond acceptors (Lipinski definition) is 4. The minimum absolute atomic E-state index is 0.0303. The van der Waals surface area contributed by atoms with Gasteiger partial charge in [-0.25, -0.2) is 0 Å². The molecular formula is C14H17Br2NO3S. The molecular weight excluding hydrogens is 422 g/mol. The molecule has 21 heavy (non-hydrogen) atoms. The van der Waals surface area contributed by atoms with Crippen molar-refractivity contribution < 1.29 is 9.66 Å². The molecule has 4 nitrogen and oxygen atoms in total. The Hall–Kier alpha value is -0.270. The second kappa shape index (κ2) is 7.33. The van der Waals surface area contributed by atoms with Crippen LogP contribution in [-0.2, 0) is 0 Å². The maximum atomic E-state index is 10.8. The van der Waals surface area contributed by atoms with Crippen molar-refractivity contribution in [3.8, 4) is 5.75 Å². The lowest BCUT2D eigenvalue weighted by Crippen LogP contribution is -2.33. The van der Waals surface area contributed by atoms with Crippen LogP contribution in [0, 0.1) is 15.5 Å². The SMILES string of the molecule is O=[N+]([O-])c1cc(Br)c(OCC2(CS)CCCCC2)c(Br)c1. The number of rotatable bonds is 5. The molecule has 0 aliphatic heterocycles. The van der Waals surface area contributed by atoms with E-state index in [1.807, 2.05) is 0 Å². The molecule has 0 N–H and O–H groups in total. The van der Waals surface area contributed by atoms with E-state index in [1.165, 1.54) is 31.4 Å². The van der Waals surface area contributed by atoms with Crippen LogP contribution in [0.4, 0.5) is 5.69 Å². The van der Waals surface area contributed by atoms with Crippen molar-refractivity contribution in [3.05, 3.63) is 31.2 Å². The maximum absolute atomic E-state index is 10.8. The number of nitro benzene ring substituents is 1. The third-order valence-electron chi connectivity index (χ3n) is 3.97. The van der Waals surface area contributed by atoms with Crippen molar-refractivity contribution in [1.29, 1.82) is 0 Å². The summed E-state index contributed by atoms with van der Waals surface area (Å²) in [6.45, 7) is 0.589. The average molecular weight is 439 g/mol. The predicted molar refractivity (Wildman–Crippen MR) is 93.4 cm³/mol. The Labute approximate surface area is 146 Å². The van der Waals surface area contributed by atoms with Crippen LogP contribution in [0.15, 0.2) is 21.1 Å². The Balaban J connectivity index is 2.14. The molecule has 0 aromatic heterocycles. The van der Waals surface area contributed by atoms with Crippen LogP contribution in [-0.4, -0.2) is 17.3 Å². The summed E-state index contributed by atoms with van der Waals surface area (Å²) >= 11 is 11.2. The first kappa shape index (κ1) is 17.1. The highest BCUT2D eigenvalue weighted by molar-refractivity contribution is 9.11. The second-order valence-electron chi connectivity index (χ2n) is 5.50. The Bertz CT molecular complexity index is 510. The van der Waals surface area contributed by atoms with Crippen molar-refractivity contribution >= 4 is 50.2 Å². The first-order valence-corrected chi connectivity index (χ1v) is 9.06. The molecule has 0 amide bonds. The third-order valence-corrected chi connectivity index (χ3v) is 5.82. The number of hydrogen-bond donors (Lipinski definition) is 1. The van der Waals surface area contributed by atoms with Crippen LogP contribution in [0.5, 0.6) is 5.75 Å². The van der Waals surface area contributed by atoms with Crippen LogP contribution in [0.25, 0.3) is 0 Å². The maximum Gasteiger partial charge on any atom is 0.271 e. The molecule has 1 aromatic rings. The minimum Gasteiger partial charge on any atom is -0.491 e. The van der Waals surface area contributed by atoms with Gasteiger partial charge in [0.15, 0.2) is 0 Å². The van der Waals surface area contributed by atoms with Gasteiger partial charge in [-0.2, -0.15) is 12.6 Å². The van der Waals surface area contributed by atoms with E-state index in [0.717, 1.165) is 18.6 Å². The number of halogens is 2. The topological polar surface area (TPSA) is 52.4 Å². The molecule has 0 bridgehead atoms. The van der Waals surface area contributed by atoms with Gasteiger partial charge in [0.05, 0.1) is 20.5 Å². The Kier molecular flexibility index (Phi) is 5.96. The van der Waals surface area contributed by atoms with E-state index in [2.05, 4.69) is 44.5 Å². The van der Waals surface area contributed by atoms with Crippen molar-refractivity contribution in [2.24, 2.45) is 5.41 Å². The molecule has 0 heterocycles. The van der Waals surface area contributed by atoms with E-state index in [4.69, 9.17) is 4.74 Å². The van der Waals surface area contributed by atoms with E-state index in [-0.39, 0.29) is 11.1 Å². The zero-order valence-electron chi connectivity index (χ0n) is 11.5. The molecule has 1 aliphatic rings. The number of ether oxygens (including phenoxy) is 1. The van der Waals surface area contributed by atoms with Gasteiger partial charge in [0.25, 0.3) is 5.69 Å². The monoisotopic (exact) mass is 437 g/mol. The second-order valence-corrected chi connectivity index (χ2v) is 7.53. The summed E-state index contributed by atoms with van der Waals surface area (Å²) in [6, 6.07) is 2.93. The summed E-state index contributed by atoms with van der Waals surface area (Å²) in [7, 11) is 0. The molecule has 1 aliphatic carbocycles. The standard InChI is InChI=1S/C14H17Br2NO3S/c15-11-6-10(17(18)19)7-12(16)13(11)20-8-14(9-21)4-2-1-3-5-14/h6-7,21H,1-5,8-9H2. The smallest absolute Gasteiger partial charge is 0.271 e. The normalized spacial score (nSPS) is 17.5. The van der Waals surface area contributed by atoms with Crippen LogP contribution in [0.1, 0.15) is 32.1 Å². The van der Waals surface area contributed by atoms with E-state index in [0.29, 0.717) is 21.3 Å². The summed E-state index contributed by atoms with van der Waals surface area (Å²) in [4.78, 5) is 10.4. The number of nitro groups is 1. The lowest BCUT2D eigenvalue weighted by Gasteiger charge is -2.35. The van der Waals surface area contributed by atoms with E-state index < -0.39 is 4.92 Å². The molecule has 0 atom stereocenters. The van der Waals surface area contributed by atoms with Crippen molar-refractivity contribution in [2.45, 2.75) is 32.1 Å². The molecule has 0 saturated heterocycles. The van der Waals surface area contributed by atoms with Crippen LogP contribution >= 0.6 is 44.5 Å². The summed E-state index contributed by atoms with van der Waals surface area (Å²) < 4.78 is 7.15. The zero-order chi connectivity index (χ0) is 15.5. The van der Waals surface area contributed by atoms with Gasteiger partial charge in [0, 0.05) is 17.5 Å². The van der Waals surface area contributed by atoms with Gasteiger partial charge in [0.2, 0.25) is 0 Å². The number of nitrogens with zero attached hydrogens (tertiary/aromatic N) is 1. The minimum atomic E-state index is -0.421. The first-order chi connectivity index (χ1) is 9.97. The molecule has 0 unspecified atom stereocenters. The molecule has 0 radical (unpaired) electrons. The lowest BCUT2D eigenvalue weighted by molar-refractivity contribution is -0.385. The zero-order valence-corrected chi connectivity index (χ0v) is 15.5. The van der Waals surface area contributed by atoms with Crippen molar-refractivity contribution in [2.75, 3.05) is 12.4 Å². The summed E-state index contributed by atoms with van der Waals surface area (Å²) in [5.74, 6) is 1.42. The fraction of sp³-hybridized carbons (Fsp3) is 0.571. The third kappa shape index (κ3) is 4.13. The van der Waals surface area contributed by atoms with Crippen molar-refractivity contribution in [1.82, 2.24) is 0 Å². The van der Waals surface area contributed by atoms with Gasteiger partial charge in [-0.05, 0) is 50.5 Å². The van der Waals surface area contributed by atoms with Crippen LogP contribution in [0.2, 0.25) is 0 Å². The lowest BCUT2D eigenvalue weighted by atomic mass is 9.76. The average Bonchev–Trinajstić information content (AvgIpc) is 2.47. The Morgan fingerprint density at radius 3 is 2.29 bits per heavy atom. The molecule has 0 spiro atoms. The molecule has 116 valence electrons. The molecule has 1 fully saturated rings. The molecule has 1 saturated carbocycles. The van der Waals surface area contributed by atoms with Gasteiger partial charge in [-0.15, -0.1) is 0 Å². The van der Waals surface area contributed by atoms with Crippen LogP contribution < -0.4 is 4.74 Å². The van der Waals surface area contributed by atoms with Gasteiger partial charge in [-0.1, -0.05) is 19.3 Å². The fourth-order valence-electron chi connectivity index (χ4n) is 2.66. The van der Waals surface area contributed by atoms with Gasteiger partial charge < -0.3 is 4.74 Å². The van der Waals surface area contributed by atoms with E-state index >= 15 is 0 Å². The quantitative estimate of drug-likeness (QED) is 0.381. The highest BCUT2D eigenvalue weighted by Crippen LogP contribution is 2.41.